The number of nitrogens with zero attached hydrogens (tertiary/aromatic N) is 3. The molecule has 1 fully saturated rings. The summed E-state index contributed by atoms with van der Waals surface area (Å²) >= 11 is 0. The van der Waals surface area contributed by atoms with Crippen LogP contribution < -0.4 is 5.32 Å². The van der Waals surface area contributed by atoms with Gasteiger partial charge in [0.05, 0.1) is 24.3 Å². The molecule has 1 saturated heterocycles. The zero-order chi connectivity index (χ0) is 18.7. The van der Waals surface area contributed by atoms with E-state index in [0.29, 0.717) is 37.7 Å². The van der Waals surface area contributed by atoms with E-state index in [9.17, 15) is 4.79 Å². The van der Waals surface area contributed by atoms with Crippen LogP contribution in [0.5, 0.6) is 0 Å². The second kappa shape index (κ2) is 7.46. The highest BCUT2D eigenvalue weighted by molar-refractivity contribution is 5.89. The van der Waals surface area contributed by atoms with Crippen LogP contribution in [0.1, 0.15) is 39.7 Å². The first kappa shape index (κ1) is 19.3. The molecule has 25 heavy (non-hydrogen) atoms. The molecule has 1 N–H and O–H groups in total. The van der Waals surface area contributed by atoms with Crippen LogP contribution in [0.2, 0.25) is 0 Å². The van der Waals surface area contributed by atoms with Crippen molar-refractivity contribution in [1.82, 2.24) is 9.47 Å². The smallest absolute Gasteiger partial charge is 0.323 e. The van der Waals surface area contributed by atoms with Crippen molar-refractivity contribution in [1.29, 1.82) is 5.26 Å². The number of nitriles is 1. The number of carbonyl (C=O) groups is 1. The Kier molecular flexibility index (Phi) is 5.76. The summed E-state index contributed by atoms with van der Waals surface area (Å²) in [5, 5.41) is 12.1. The van der Waals surface area contributed by atoms with Crippen molar-refractivity contribution in [3.05, 3.63) is 17.8 Å². The third-order valence-electron chi connectivity index (χ3n) is 4.37. The lowest BCUT2D eigenvalue weighted by atomic mass is 10.0. The number of amides is 2. The molecule has 0 aromatic carbocycles. The van der Waals surface area contributed by atoms with E-state index in [1.807, 2.05) is 32.3 Å². The SMILES string of the molecule is COCCC1(C)CN(C(=O)Nc2cc(C#N)cn2C(C)(C)C)CCO1. The van der Waals surface area contributed by atoms with Gasteiger partial charge in [0.2, 0.25) is 0 Å². The molecule has 1 atom stereocenters. The van der Waals surface area contributed by atoms with E-state index in [-0.39, 0.29) is 11.6 Å². The Labute approximate surface area is 149 Å². The van der Waals surface area contributed by atoms with Gasteiger partial charge in [-0.2, -0.15) is 5.26 Å². The van der Waals surface area contributed by atoms with Crippen LogP contribution in [0.15, 0.2) is 12.3 Å². The number of methoxy groups -OCH3 is 1. The van der Waals surface area contributed by atoms with E-state index < -0.39 is 5.60 Å². The number of anilines is 1. The number of morpholine rings is 1. The number of urea groups is 1. The van der Waals surface area contributed by atoms with Crippen molar-refractivity contribution in [2.45, 2.75) is 45.3 Å². The molecular weight excluding hydrogens is 320 g/mol. The third-order valence-corrected chi connectivity index (χ3v) is 4.37. The minimum absolute atomic E-state index is 0.181. The van der Waals surface area contributed by atoms with Gasteiger partial charge in [0.1, 0.15) is 11.9 Å². The van der Waals surface area contributed by atoms with Gasteiger partial charge in [-0.05, 0) is 33.8 Å². The highest BCUT2D eigenvalue weighted by Gasteiger charge is 2.34. The van der Waals surface area contributed by atoms with Gasteiger partial charge >= 0.3 is 6.03 Å². The van der Waals surface area contributed by atoms with Crippen molar-refractivity contribution in [2.75, 3.05) is 38.7 Å². The second-order valence-corrected chi connectivity index (χ2v) is 7.66. The minimum atomic E-state index is -0.407. The Morgan fingerprint density at radius 2 is 2.24 bits per heavy atom. The van der Waals surface area contributed by atoms with Crippen LogP contribution in [0.3, 0.4) is 0 Å². The summed E-state index contributed by atoms with van der Waals surface area (Å²) in [6.45, 7) is 10.2. The van der Waals surface area contributed by atoms with Gasteiger partial charge in [0.15, 0.2) is 0 Å². The molecule has 2 amide bonds. The standard InChI is InChI=1S/C18H28N4O3/c1-17(2,3)22-12-14(11-19)10-15(22)20-16(23)21-7-9-25-18(4,13-21)6-8-24-5/h10,12H,6-9,13H2,1-5H3,(H,20,23). The van der Waals surface area contributed by atoms with Gasteiger partial charge in [-0.15, -0.1) is 0 Å². The third kappa shape index (κ3) is 4.74. The summed E-state index contributed by atoms with van der Waals surface area (Å²) in [5.41, 5.74) is -0.123. The Morgan fingerprint density at radius 1 is 1.52 bits per heavy atom. The lowest BCUT2D eigenvalue weighted by molar-refractivity contribution is -0.0966. The Hall–Kier alpha value is -2.04. The predicted octanol–water partition coefficient (Wildman–Crippen LogP) is 2.77. The van der Waals surface area contributed by atoms with Crippen molar-refractivity contribution in [3.63, 3.8) is 0 Å². The monoisotopic (exact) mass is 348 g/mol. The van der Waals surface area contributed by atoms with Gasteiger partial charge in [-0.1, -0.05) is 0 Å². The zero-order valence-electron chi connectivity index (χ0n) is 15.8. The predicted molar refractivity (Wildman–Crippen MR) is 95.6 cm³/mol. The van der Waals surface area contributed by atoms with Crippen LogP contribution in [0.4, 0.5) is 10.6 Å². The molecule has 0 bridgehead atoms. The number of nitrogens with one attached hydrogen (secondary N) is 1. The molecule has 7 nitrogen and oxygen atoms in total. The van der Waals surface area contributed by atoms with E-state index in [1.165, 1.54) is 0 Å². The molecule has 0 aliphatic carbocycles. The molecule has 0 saturated carbocycles. The summed E-state index contributed by atoms with van der Waals surface area (Å²) in [4.78, 5) is 14.5. The lowest BCUT2D eigenvalue weighted by Gasteiger charge is -2.40. The number of hydrogen-bond acceptors (Lipinski definition) is 4. The first-order valence-electron chi connectivity index (χ1n) is 8.50. The van der Waals surface area contributed by atoms with Crippen molar-refractivity contribution in [3.8, 4) is 6.07 Å². The summed E-state index contributed by atoms with van der Waals surface area (Å²) < 4.78 is 12.9. The fraction of sp³-hybridized carbons (Fsp3) is 0.667. The van der Waals surface area contributed by atoms with Crippen LogP contribution >= 0.6 is 0 Å². The minimum Gasteiger partial charge on any atom is -0.385 e. The first-order valence-corrected chi connectivity index (χ1v) is 8.50. The van der Waals surface area contributed by atoms with E-state index >= 15 is 0 Å². The van der Waals surface area contributed by atoms with Crippen molar-refractivity contribution in [2.24, 2.45) is 0 Å². The second-order valence-electron chi connectivity index (χ2n) is 7.66. The first-order chi connectivity index (χ1) is 11.7. The summed E-state index contributed by atoms with van der Waals surface area (Å²) in [7, 11) is 1.66. The molecular formula is C18H28N4O3. The number of rotatable bonds is 4. The molecule has 138 valence electrons. The normalized spacial score (nSPS) is 21.0. The molecule has 1 aromatic rings. The van der Waals surface area contributed by atoms with E-state index in [4.69, 9.17) is 14.7 Å². The molecule has 1 aliphatic heterocycles. The molecule has 1 unspecified atom stereocenters. The molecule has 1 aliphatic rings. The maximum Gasteiger partial charge on any atom is 0.323 e. The lowest BCUT2D eigenvalue weighted by Crippen LogP contribution is -2.53. The molecule has 1 aromatic heterocycles. The number of hydrogen-bond donors (Lipinski definition) is 1. The van der Waals surface area contributed by atoms with Gasteiger partial charge in [-0.3, -0.25) is 5.32 Å². The maximum absolute atomic E-state index is 12.7. The maximum atomic E-state index is 12.7. The highest BCUT2D eigenvalue weighted by Crippen LogP contribution is 2.26. The highest BCUT2D eigenvalue weighted by atomic mass is 16.5. The van der Waals surface area contributed by atoms with Crippen LogP contribution in [0, 0.1) is 11.3 Å². The molecule has 2 heterocycles. The summed E-state index contributed by atoms with van der Waals surface area (Å²) in [6.07, 6.45) is 2.49. The van der Waals surface area contributed by atoms with Crippen LogP contribution in [-0.2, 0) is 15.0 Å². The topological polar surface area (TPSA) is 79.5 Å². The van der Waals surface area contributed by atoms with Crippen LogP contribution in [0.25, 0.3) is 0 Å². The average Bonchev–Trinajstić information content (AvgIpc) is 2.96. The fourth-order valence-corrected chi connectivity index (χ4v) is 2.94. The largest absolute Gasteiger partial charge is 0.385 e. The zero-order valence-corrected chi connectivity index (χ0v) is 15.8. The Balaban J connectivity index is 2.12. The number of ether oxygens (including phenoxy) is 2. The van der Waals surface area contributed by atoms with Gasteiger partial charge in [0.25, 0.3) is 0 Å². The van der Waals surface area contributed by atoms with Crippen molar-refractivity contribution >= 4 is 11.8 Å². The molecule has 0 spiro atoms. The molecule has 7 heteroatoms. The average molecular weight is 348 g/mol. The molecule has 0 radical (unpaired) electrons. The Bertz CT molecular complexity index is 656. The fourth-order valence-electron chi connectivity index (χ4n) is 2.94. The molecule has 2 rings (SSSR count). The Morgan fingerprint density at radius 3 is 2.84 bits per heavy atom. The van der Waals surface area contributed by atoms with E-state index in [1.54, 1.807) is 24.3 Å². The number of aromatic nitrogens is 1. The van der Waals surface area contributed by atoms with E-state index in [0.717, 1.165) is 6.42 Å². The van der Waals surface area contributed by atoms with Gasteiger partial charge in [-0.25, -0.2) is 4.79 Å². The van der Waals surface area contributed by atoms with Gasteiger partial charge in [0, 0.05) is 38.4 Å². The van der Waals surface area contributed by atoms with Gasteiger partial charge < -0.3 is 18.9 Å². The number of carbonyl (C=O) groups excluding carboxylic acids is 1. The summed E-state index contributed by atoms with van der Waals surface area (Å²) in [5.74, 6) is 0.624. The van der Waals surface area contributed by atoms with Crippen molar-refractivity contribution < 1.29 is 14.3 Å². The quantitative estimate of drug-likeness (QED) is 0.907. The van der Waals surface area contributed by atoms with E-state index in [2.05, 4.69) is 11.4 Å². The summed E-state index contributed by atoms with van der Waals surface area (Å²) in [6, 6.07) is 3.65. The van der Waals surface area contributed by atoms with Crippen LogP contribution in [-0.4, -0.2) is 54.5 Å².